The number of ether oxygens (including phenoxy) is 1. The average molecular weight is 332 g/mol. The smallest absolute Gasteiger partial charge is 0.315 e. The molecule has 0 unspecified atom stereocenters. The second kappa shape index (κ2) is 8.56. The molecule has 0 spiro atoms. The molecule has 0 radical (unpaired) electrons. The Bertz CT molecular complexity index is 399. The summed E-state index contributed by atoms with van der Waals surface area (Å²) >= 11 is 5.03. The average Bonchev–Trinajstić information content (AvgIpc) is 2.38. The van der Waals surface area contributed by atoms with Gasteiger partial charge in [-0.1, -0.05) is 28.9 Å². The molecule has 0 bridgehead atoms. The second-order valence-electron chi connectivity index (χ2n) is 3.79. The first-order valence-corrected chi connectivity index (χ1v) is 7.64. The number of carbonyl (C=O) groups is 1. The van der Waals surface area contributed by atoms with Crippen LogP contribution in [-0.2, 0) is 16.1 Å². The summed E-state index contributed by atoms with van der Waals surface area (Å²) in [5.74, 6) is 0.140. The molecule has 0 amide bonds. The van der Waals surface area contributed by atoms with E-state index in [9.17, 15) is 4.79 Å². The van der Waals surface area contributed by atoms with Crippen molar-refractivity contribution >= 4 is 33.7 Å². The van der Waals surface area contributed by atoms with Crippen LogP contribution in [0.4, 0.5) is 0 Å². The molecule has 0 aromatic heterocycles. The van der Waals surface area contributed by atoms with E-state index in [1.54, 1.807) is 0 Å². The Balaban J connectivity index is 2.53. The lowest BCUT2D eigenvalue weighted by Crippen LogP contribution is -2.14. The molecule has 1 N–H and O–H groups in total. The summed E-state index contributed by atoms with van der Waals surface area (Å²) in [7, 11) is 1.40. The monoisotopic (exact) mass is 331 g/mol. The van der Waals surface area contributed by atoms with Crippen molar-refractivity contribution in [3.05, 3.63) is 28.2 Å². The Labute approximate surface area is 121 Å². The Morgan fingerprint density at radius 1 is 1.50 bits per heavy atom. The lowest BCUT2D eigenvalue weighted by Gasteiger charge is -2.08. The molecule has 3 nitrogen and oxygen atoms in total. The van der Waals surface area contributed by atoms with Crippen molar-refractivity contribution in [2.75, 3.05) is 19.4 Å². The minimum atomic E-state index is -0.204. The standard InChI is InChI=1S/C13H18BrNO2S/c1-3-6-15-8-10-4-5-11(7-12(10)14)18-9-13(16)17-2/h4-5,7,15H,3,6,8-9H2,1-2H3. The van der Waals surface area contributed by atoms with Gasteiger partial charge in [-0.2, -0.15) is 0 Å². The molecule has 0 saturated heterocycles. The number of rotatable bonds is 7. The Hall–Kier alpha value is -0.520. The van der Waals surface area contributed by atoms with Gasteiger partial charge < -0.3 is 10.1 Å². The summed E-state index contributed by atoms with van der Waals surface area (Å²) in [5, 5.41) is 3.36. The number of carbonyl (C=O) groups excluding carboxylic acids is 1. The molecule has 1 aromatic carbocycles. The fourth-order valence-electron chi connectivity index (χ4n) is 1.36. The normalized spacial score (nSPS) is 10.4. The summed E-state index contributed by atoms with van der Waals surface area (Å²) < 4.78 is 5.68. The number of halogens is 1. The van der Waals surface area contributed by atoms with Crippen molar-refractivity contribution in [1.82, 2.24) is 5.32 Å². The van der Waals surface area contributed by atoms with Crippen LogP contribution in [0, 0.1) is 0 Å². The third-order valence-corrected chi connectivity index (χ3v) is 4.06. The van der Waals surface area contributed by atoms with Gasteiger partial charge in [0.05, 0.1) is 12.9 Å². The van der Waals surface area contributed by atoms with Gasteiger partial charge in [0, 0.05) is 15.9 Å². The van der Waals surface area contributed by atoms with Crippen LogP contribution >= 0.6 is 27.7 Å². The molecule has 0 aliphatic carbocycles. The van der Waals surface area contributed by atoms with Crippen LogP contribution in [-0.4, -0.2) is 25.4 Å². The number of thioether (sulfide) groups is 1. The molecule has 0 aliphatic rings. The van der Waals surface area contributed by atoms with E-state index >= 15 is 0 Å². The molecular formula is C13H18BrNO2S. The Morgan fingerprint density at radius 3 is 2.89 bits per heavy atom. The molecule has 1 rings (SSSR count). The highest BCUT2D eigenvalue weighted by Crippen LogP contribution is 2.25. The third kappa shape index (κ3) is 5.42. The number of benzene rings is 1. The van der Waals surface area contributed by atoms with Crippen LogP contribution in [0.15, 0.2) is 27.6 Å². The zero-order valence-corrected chi connectivity index (χ0v) is 13.1. The van der Waals surface area contributed by atoms with E-state index in [0.29, 0.717) is 5.75 Å². The van der Waals surface area contributed by atoms with Crippen molar-refractivity contribution in [2.45, 2.75) is 24.8 Å². The van der Waals surface area contributed by atoms with E-state index in [4.69, 9.17) is 0 Å². The SMILES string of the molecule is CCCNCc1ccc(SCC(=O)OC)cc1Br. The van der Waals surface area contributed by atoms with Gasteiger partial charge in [-0.15, -0.1) is 11.8 Å². The molecule has 0 fully saturated rings. The van der Waals surface area contributed by atoms with Crippen LogP contribution in [0.3, 0.4) is 0 Å². The minimum Gasteiger partial charge on any atom is -0.468 e. The summed E-state index contributed by atoms with van der Waals surface area (Å²) in [6.45, 7) is 4.02. The largest absolute Gasteiger partial charge is 0.468 e. The van der Waals surface area contributed by atoms with Gasteiger partial charge in [-0.3, -0.25) is 4.79 Å². The zero-order chi connectivity index (χ0) is 13.4. The summed E-state index contributed by atoms with van der Waals surface area (Å²) in [5.41, 5.74) is 1.23. The first kappa shape index (κ1) is 15.5. The van der Waals surface area contributed by atoms with Crippen LogP contribution < -0.4 is 5.32 Å². The molecule has 5 heteroatoms. The number of hydrogen-bond donors (Lipinski definition) is 1. The zero-order valence-electron chi connectivity index (χ0n) is 10.7. The van der Waals surface area contributed by atoms with Crippen LogP contribution in [0.1, 0.15) is 18.9 Å². The maximum absolute atomic E-state index is 11.0. The number of hydrogen-bond acceptors (Lipinski definition) is 4. The summed E-state index contributed by atoms with van der Waals surface area (Å²) in [4.78, 5) is 12.1. The molecular weight excluding hydrogens is 314 g/mol. The first-order valence-electron chi connectivity index (χ1n) is 5.86. The van der Waals surface area contributed by atoms with Gasteiger partial charge >= 0.3 is 5.97 Å². The molecule has 0 atom stereocenters. The molecule has 1 aromatic rings. The highest BCUT2D eigenvalue weighted by atomic mass is 79.9. The van der Waals surface area contributed by atoms with E-state index < -0.39 is 0 Å². The van der Waals surface area contributed by atoms with Gasteiger partial charge in [0.25, 0.3) is 0 Å². The molecule has 18 heavy (non-hydrogen) atoms. The molecule has 100 valence electrons. The summed E-state index contributed by atoms with van der Waals surface area (Å²) in [6, 6.07) is 6.14. The van der Waals surface area contributed by atoms with Crippen LogP contribution in [0.2, 0.25) is 0 Å². The van der Waals surface area contributed by atoms with Gasteiger partial charge in [0.2, 0.25) is 0 Å². The molecule has 0 heterocycles. The number of nitrogens with one attached hydrogen (secondary N) is 1. The van der Waals surface area contributed by atoms with E-state index in [0.717, 1.165) is 28.9 Å². The number of esters is 1. The van der Waals surface area contributed by atoms with Crippen molar-refractivity contribution < 1.29 is 9.53 Å². The number of methoxy groups -OCH3 is 1. The van der Waals surface area contributed by atoms with Gasteiger partial charge in [0.15, 0.2) is 0 Å². The van der Waals surface area contributed by atoms with E-state index in [1.807, 2.05) is 12.1 Å². The van der Waals surface area contributed by atoms with Crippen molar-refractivity contribution in [3.8, 4) is 0 Å². The Kier molecular flexibility index (Phi) is 7.39. The van der Waals surface area contributed by atoms with E-state index in [1.165, 1.54) is 24.4 Å². The van der Waals surface area contributed by atoms with Crippen molar-refractivity contribution in [3.63, 3.8) is 0 Å². The lowest BCUT2D eigenvalue weighted by molar-refractivity contribution is -0.137. The fourth-order valence-corrected chi connectivity index (χ4v) is 2.80. The second-order valence-corrected chi connectivity index (χ2v) is 5.70. The van der Waals surface area contributed by atoms with Crippen LogP contribution in [0.5, 0.6) is 0 Å². The van der Waals surface area contributed by atoms with Gasteiger partial charge in [-0.05, 0) is 30.7 Å². The van der Waals surface area contributed by atoms with Gasteiger partial charge in [-0.25, -0.2) is 0 Å². The molecule has 0 aliphatic heterocycles. The first-order chi connectivity index (χ1) is 8.67. The maximum Gasteiger partial charge on any atom is 0.315 e. The minimum absolute atomic E-state index is 0.204. The quantitative estimate of drug-likeness (QED) is 0.473. The van der Waals surface area contributed by atoms with E-state index in [-0.39, 0.29) is 5.97 Å². The highest BCUT2D eigenvalue weighted by Gasteiger charge is 2.05. The van der Waals surface area contributed by atoms with Crippen LogP contribution in [0.25, 0.3) is 0 Å². The lowest BCUT2D eigenvalue weighted by atomic mass is 10.2. The summed E-state index contributed by atoms with van der Waals surface area (Å²) in [6.07, 6.45) is 1.13. The topological polar surface area (TPSA) is 38.3 Å². The fraction of sp³-hybridized carbons (Fsp3) is 0.462. The van der Waals surface area contributed by atoms with Gasteiger partial charge in [0.1, 0.15) is 0 Å². The van der Waals surface area contributed by atoms with Crippen molar-refractivity contribution in [2.24, 2.45) is 0 Å². The Morgan fingerprint density at radius 2 is 2.28 bits per heavy atom. The van der Waals surface area contributed by atoms with E-state index in [2.05, 4.69) is 39.0 Å². The van der Waals surface area contributed by atoms with Crippen molar-refractivity contribution in [1.29, 1.82) is 0 Å². The highest BCUT2D eigenvalue weighted by molar-refractivity contribution is 9.10. The maximum atomic E-state index is 11.0. The predicted molar refractivity (Wildman–Crippen MR) is 78.9 cm³/mol. The third-order valence-electron chi connectivity index (χ3n) is 2.35. The molecule has 0 saturated carbocycles. The predicted octanol–water partition coefficient (Wildman–Crippen LogP) is 3.21.